The van der Waals surface area contributed by atoms with Crippen molar-refractivity contribution in [2.75, 3.05) is 6.61 Å². The first kappa shape index (κ1) is 19.2. The number of aliphatic hydroxyl groups is 1. The summed E-state index contributed by atoms with van der Waals surface area (Å²) in [6.45, 7) is 0.339. The van der Waals surface area contributed by atoms with Gasteiger partial charge in [0.2, 0.25) is 0 Å². The lowest BCUT2D eigenvalue weighted by Crippen LogP contribution is -1.86. The van der Waals surface area contributed by atoms with E-state index < -0.39 is 5.97 Å². The van der Waals surface area contributed by atoms with Crippen LogP contribution in [0.4, 0.5) is 0 Å². The number of carbonyl (C=O) groups is 1. The standard InChI is InChI=1S/C17H32O3/c18-16-14-12-10-8-6-4-2-1-3-5-7-9-11-13-15-17(19)20/h13,15,18H,1-12,14,16H2,(H,19,20). The number of hydrogen-bond donors (Lipinski definition) is 2. The van der Waals surface area contributed by atoms with Crippen LogP contribution in [0.3, 0.4) is 0 Å². The summed E-state index contributed by atoms with van der Waals surface area (Å²) in [5.74, 6) is -0.846. The highest BCUT2D eigenvalue weighted by molar-refractivity contribution is 5.79. The predicted molar refractivity (Wildman–Crippen MR) is 83.9 cm³/mol. The van der Waals surface area contributed by atoms with Crippen molar-refractivity contribution in [2.45, 2.75) is 83.5 Å². The van der Waals surface area contributed by atoms with Gasteiger partial charge < -0.3 is 10.2 Å². The lowest BCUT2D eigenvalue weighted by Gasteiger charge is -2.02. The van der Waals surface area contributed by atoms with E-state index in [2.05, 4.69) is 0 Å². The smallest absolute Gasteiger partial charge is 0.327 e. The van der Waals surface area contributed by atoms with E-state index in [9.17, 15) is 4.79 Å². The highest BCUT2D eigenvalue weighted by Gasteiger charge is 1.93. The molecule has 0 spiro atoms. The molecule has 0 saturated carbocycles. The molecule has 118 valence electrons. The van der Waals surface area contributed by atoms with E-state index in [1.54, 1.807) is 6.08 Å². The number of aliphatic hydroxyl groups excluding tert-OH is 1. The molecule has 20 heavy (non-hydrogen) atoms. The van der Waals surface area contributed by atoms with Gasteiger partial charge in [-0.1, -0.05) is 70.3 Å². The zero-order valence-electron chi connectivity index (χ0n) is 12.9. The Morgan fingerprint density at radius 3 is 1.50 bits per heavy atom. The van der Waals surface area contributed by atoms with Gasteiger partial charge in [-0.25, -0.2) is 4.79 Å². The molecule has 0 aromatic rings. The fourth-order valence-electron chi connectivity index (χ4n) is 2.33. The molecule has 0 atom stereocenters. The summed E-state index contributed by atoms with van der Waals surface area (Å²) < 4.78 is 0. The van der Waals surface area contributed by atoms with E-state index in [1.807, 2.05) is 0 Å². The number of allylic oxidation sites excluding steroid dienone is 1. The summed E-state index contributed by atoms with van der Waals surface area (Å²) in [4.78, 5) is 10.2. The van der Waals surface area contributed by atoms with E-state index in [1.165, 1.54) is 70.3 Å². The molecule has 0 radical (unpaired) electrons. The molecule has 0 heterocycles. The molecular formula is C17H32O3. The molecule has 0 aromatic carbocycles. The Balaban J connectivity index is 3.01. The first-order valence-corrected chi connectivity index (χ1v) is 8.27. The van der Waals surface area contributed by atoms with E-state index in [-0.39, 0.29) is 0 Å². The van der Waals surface area contributed by atoms with Crippen molar-refractivity contribution >= 4 is 5.97 Å². The van der Waals surface area contributed by atoms with Crippen molar-refractivity contribution in [1.82, 2.24) is 0 Å². The van der Waals surface area contributed by atoms with Crippen LogP contribution in [0.5, 0.6) is 0 Å². The molecule has 0 aromatic heterocycles. The summed E-state index contributed by atoms with van der Waals surface area (Å²) in [6.07, 6.45) is 18.9. The van der Waals surface area contributed by atoms with Gasteiger partial charge in [0.25, 0.3) is 0 Å². The van der Waals surface area contributed by atoms with Crippen molar-refractivity contribution in [3.05, 3.63) is 12.2 Å². The van der Waals surface area contributed by atoms with Gasteiger partial charge in [0.1, 0.15) is 0 Å². The summed E-state index contributed by atoms with van der Waals surface area (Å²) in [5.41, 5.74) is 0. The summed E-state index contributed by atoms with van der Waals surface area (Å²) in [5, 5.41) is 17.1. The maximum Gasteiger partial charge on any atom is 0.327 e. The number of rotatable bonds is 15. The maximum absolute atomic E-state index is 10.2. The van der Waals surface area contributed by atoms with Crippen molar-refractivity contribution in [3.63, 3.8) is 0 Å². The van der Waals surface area contributed by atoms with Crippen LogP contribution in [-0.2, 0) is 4.79 Å². The Morgan fingerprint density at radius 2 is 1.10 bits per heavy atom. The molecule has 0 saturated heterocycles. The number of aliphatic carboxylic acids is 1. The lowest BCUT2D eigenvalue weighted by atomic mass is 10.0. The molecule has 0 fully saturated rings. The van der Waals surface area contributed by atoms with Gasteiger partial charge in [-0.3, -0.25) is 0 Å². The van der Waals surface area contributed by atoms with Gasteiger partial charge in [0, 0.05) is 12.7 Å². The van der Waals surface area contributed by atoms with Crippen molar-refractivity contribution in [2.24, 2.45) is 0 Å². The van der Waals surface area contributed by atoms with Gasteiger partial charge in [-0.15, -0.1) is 0 Å². The minimum absolute atomic E-state index is 0.339. The second-order valence-corrected chi connectivity index (χ2v) is 5.50. The van der Waals surface area contributed by atoms with Crippen LogP contribution >= 0.6 is 0 Å². The second kappa shape index (κ2) is 16.2. The van der Waals surface area contributed by atoms with E-state index >= 15 is 0 Å². The zero-order chi connectivity index (χ0) is 14.9. The number of hydrogen-bond acceptors (Lipinski definition) is 2. The van der Waals surface area contributed by atoms with Crippen LogP contribution < -0.4 is 0 Å². The Bertz CT molecular complexity index is 236. The van der Waals surface area contributed by atoms with Gasteiger partial charge in [0.05, 0.1) is 0 Å². The molecule has 0 amide bonds. The van der Waals surface area contributed by atoms with Crippen LogP contribution in [0.15, 0.2) is 12.2 Å². The van der Waals surface area contributed by atoms with Crippen LogP contribution in [0.2, 0.25) is 0 Å². The third kappa shape index (κ3) is 17.2. The highest BCUT2D eigenvalue weighted by atomic mass is 16.4. The average Bonchev–Trinajstić information content (AvgIpc) is 2.43. The second-order valence-electron chi connectivity index (χ2n) is 5.50. The van der Waals surface area contributed by atoms with Crippen LogP contribution in [-0.4, -0.2) is 22.8 Å². The monoisotopic (exact) mass is 284 g/mol. The molecule has 3 heteroatoms. The fourth-order valence-corrected chi connectivity index (χ4v) is 2.33. The first-order chi connectivity index (χ1) is 9.77. The Kier molecular flexibility index (Phi) is 15.6. The van der Waals surface area contributed by atoms with Gasteiger partial charge >= 0.3 is 5.97 Å². The quantitative estimate of drug-likeness (QED) is 0.339. The molecule has 0 rings (SSSR count). The Morgan fingerprint density at radius 1 is 0.700 bits per heavy atom. The number of unbranched alkanes of at least 4 members (excludes halogenated alkanes) is 12. The summed E-state index contributed by atoms with van der Waals surface area (Å²) >= 11 is 0. The van der Waals surface area contributed by atoms with E-state index in [0.717, 1.165) is 19.3 Å². The average molecular weight is 284 g/mol. The molecule has 0 unspecified atom stereocenters. The maximum atomic E-state index is 10.2. The van der Waals surface area contributed by atoms with E-state index in [4.69, 9.17) is 10.2 Å². The Labute approximate surface area is 124 Å². The third-order valence-electron chi connectivity index (χ3n) is 3.54. The van der Waals surface area contributed by atoms with Crippen LogP contribution in [0.1, 0.15) is 83.5 Å². The minimum Gasteiger partial charge on any atom is -0.478 e. The zero-order valence-corrected chi connectivity index (χ0v) is 12.9. The molecule has 0 aliphatic heterocycles. The summed E-state index contributed by atoms with van der Waals surface area (Å²) in [7, 11) is 0. The Hall–Kier alpha value is -0.830. The predicted octanol–water partition coefficient (Wildman–Crippen LogP) is 4.69. The molecule has 2 N–H and O–H groups in total. The number of carboxylic acid groups (broad SMARTS) is 1. The third-order valence-corrected chi connectivity index (χ3v) is 3.54. The van der Waals surface area contributed by atoms with Crippen LogP contribution in [0.25, 0.3) is 0 Å². The SMILES string of the molecule is O=C(O)C=CCCCCCCCCCCCCCCO. The molecular weight excluding hydrogens is 252 g/mol. The van der Waals surface area contributed by atoms with Gasteiger partial charge in [-0.2, -0.15) is 0 Å². The van der Waals surface area contributed by atoms with Crippen LogP contribution in [0, 0.1) is 0 Å². The number of carboxylic acids is 1. The van der Waals surface area contributed by atoms with Gasteiger partial charge in [-0.05, 0) is 19.3 Å². The summed E-state index contributed by atoms with van der Waals surface area (Å²) in [6, 6.07) is 0. The normalized spacial score (nSPS) is 11.2. The van der Waals surface area contributed by atoms with E-state index in [0.29, 0.717) is 6.61 Å². The molecule has 3 nitrogen and oxygen atoms in total. The van der Waals surface area contributed by atoms with Gasteiger partial charge in [0.15, 0.2) is 0 Å². The first-order valence-electron chi connectivity index (χ1n) is 8.27. The molecule has 0 aliphatic carbocycles. The van der Waals surface area contributed by atoms with Crippen molar-refractivity contribution in [1.29, 1.82) is 0 Å². The fraction of sp³-hybridized carbons (Fsp3) is 0.824. The molecule has 0 aliphatic rings. The largest absolute Gasteiger partial charge is 0.478 e. The minimum atomic E-state index is -0.846. The lowest BCUT2D eigenvalue weighted by molar-refractivity contribution is -0.131. The van der Waals surface area contributed by atoms with Crippen molar-refractivity contribution < 1.29 is 15.0 Å². The molecule has 0 bridgehead atoms. The van der Waals surface area contributed by atoms with Crippen molar-refractivity contribution in [3.8, 4) is 0 Å². The highest BCUT2D eigenvalue weighted by Crippen LogP contribution is 2.12. The topological polar surface area (TPSA) is 57.5 Å².